The van der Waals surface area contributed by atoms with E-state index in [1.165, 1.54) is 0 Å². The van der Waals surface area contributed by atoms with Gasteiger partial charge >= 0.3 is 5.97 Å². The molecule has 76 valence electrons. The zero-order valence-corrected chi connectivity index (χ0v) is 8.42. The van der Waals surface area contributed by atoms with Crippen molar-refractivity contribution in [1.29, 1.82) is 0 Å². The lowest BCUT2D eigenvalue weighted by molar-refractivity contribution is -0.150. The summed E-state index contributed by atoms with van der Waals surface area (Å²) in [6, 6.07) is 0. The van der Waals surface area contributed by atoms with Crippen LogP contribution in [-0.2, 0) is 14.4 Å². The molecule has 0 saturated carbocycles. The molecule has 1 unspecified atom stereocenters. The number of hydroxylamine groups is 1. The number of Topliss-reactive ketones (excluding diaryl/α,β-unsaturated/α-hetero) is 1. The van der Waals surface area contributed by atoms with Crippen LogP contribution in [0.1, 0.15) is 33.6 Å². The Hall–Kier alpha value is -0.900. The Kier molecular flexibility index (Phi) is 6.14. The van der Waals surface area contributed by atoms with Crippen molar-refractivity contribution in [3.05, 3.63) is 0 Å². The van der Waals surface area contributed by atoms with Gasteiger partial charge in [0.1, 0.15) is 5.78 Å². The van der Waals surface area contributed by atoms with Crippen molar-refractivity contribution in [3.63, 3.8) is 0 Å². The molecule has 0 aliphatic heterocycles. The summed E-state index contributed by atoms with van der Waals surface area (Å²) in [7, 11) is 0. The Morgan fingerprint density at radius 1 is 1.46 bits per heavy atom. The van der Waals surface area contributed by atoms with Crippen LogP contribution in [0.2, 0.25) is 0 Å². The number of carbonyl (C=O) groups excluding carboxylic acids is 2. The predicted octanol–water partition coefficient (Wildman–Crippen LogP) is 1.06. The average Bonchev–Trinajstić information content (AvgIpc) is 2.11. The van der Waals surface area contributed by atoms with Gasteiger partial charge in [-0.1, -0.05) is 13.8 Å². The number of ketones is 1. The second-order valence-electron chi connectivity index (χ2n) is 3.02. The Morgan fingerprint density at radius 2 is 2.08 bits per heavy atom. The number of nitrogens with one attached hydrogen (secondary N) is 1. The van der Waals surface area contributed by atoms with Gasteiger partial charge in [-0.2, -0.15) is 5.48 Å². The van der Waals surface area contributed by atoms with Gasteiger partial charge in [-0.25, -0.2) is 0 Å². The van der Waals surface area contributed by atoms with Gasteiger partial charge in [-0.15, -0.1) is 0 Å². The number of carbonyl (C=O) groups is 2. The highest BCUT2D eigenvalue weighted by Gasteiger charge is 2.06. The van der Waals surface area contributed by atoms with Gasteiger partial charge in [-0.3, -0.25) is 9.59 Å². The normalized spacial score (nSPS) is 12.2. The third-order valence-electron chi connectivity index (χ3n) is 1.85. The van der Waals surface area contributed by atoms with Gasteiger partial charge in [0.25, 0.3) is 0 Å². The maximum absolute atomic E-state index is 10.8. The summed E-state index contributed by atoms with van der Waals surface area (Å²) in [6.45, 7) is 5.66. The molecule has 0 aliphatic carbocycles. The molecular weight excluding hydrogens is 170 g/mol. The molecule has 1 N–H and O–H groups in total. The van der Waals surface area contributed by atoms with Crippen LogP contribution in [0.5, 0.6) is 0 Å². The van der Waals surface area contributed by atoms with Crippen LogP contribution in [0.3, 0.4) is 0 Å². The van der Waals surface area contributed by atoms with Crippen molar-refractivity contribution < 1.29 is 14.4 Å². The molecule has 13 heavy (non-hydrogen) atoms. The van der Waals surface area contributed by atoms with Gasteiger partial charge in [0.2, 0.25) is 0 Å². The molecule has 0 aromatic rings. The minimum atomic E-state index is -0.282. The predicted molar refractivity (Wildman–Crippen MR) is 48.8 cm³/mol. The van der Waals surface area contributed by atoms with E-state index in [4.69, 9.17) is 0 Å². The zero-order valence-electron chi connectivity index (χ0n) is 8.42. The number of rotatable bonds is 6. The lowest BCUT2D eigenvalue weighted by Crippen LogP contribution is -2.23. The molecule has 0 aromatic carbocycles. The second-order valence-corrected chi connectivity index (χ2v) is 3.02. The first-order valence-electron chi connectivity index (χ1n) is 4.50. The molecule has 0 saturated heterocycles. The largest absolute Gasteiger partial charge is 0.371 e. The molecule has 1 atom stereocenters. The van der Waals surface area contributed by atoms with Crippen molar-refractivity contribution in [2.75, 3.05) is 6.54 Å². The van der Waals surface area contributed by atoms with E-state index < -0.39 is 0 Å². The van der Waals surface area contributed by atoms with E-state index >= 15 is 0 Å². The molecule has 4 heteroatoms. The standard InChI is InChI=1S/C9H17NO3/c1-4-9(12)13-10-6-5-7(2)8(3)11/h7,10H,4-6H2,1-3H3. The van der Waals surface area contributed by atoms with E-state index in [1.54, 1.807) is 13.8 Å². The van der Waals surface area contributed by atoms with E-state index in [-0.39, 0.29) is 17.7 Å². The van der Waals surface area contributed by atoms with Gasteiger partial charge in [0.15, 0.2) is 0 Å². The summed E-state index contributed by atoms with van der Waals surface area (Å²) in [4.78, 5) is 26.1. The van der Waals surface area contributed by atoms with Gasteiger partial charge in [0.05, 0.1) is 0 Å². The molecule has 0 heterocycles. The Bertz CT molecular complexity index is 180. The first-order chi connectivity index (χ1) is 6.07. The maximum Gasteiger partial charge on any atom is 0.324 e. The monoisotopic (exact) mass is 187 g/mol. The number of hydrogen-bond acceptors (Lipinski definition) is 4. The van der Waals surface area contributed by atoms with Crippen molar-refractivity contribution >= 4 is 11.8 Å². The first kappa shape index (κ1) is 12.1. The topological polar surface area (TPSA) is 55.4 Å². The van der Waals surface area contributed by atoms with Crippen LogP contribution in [-0.4, -0.2) is 18.3 Å². The molecule has 0 radical (unpaired) electrons. The van der Waals surface area contributed by atoms with Crippen LogP contribution in [0, 0.1) is 5.92 Å². The minimum absolute atomic E-state index is 0.0211. The molecule has 0 rings (SSSR count). The third-order valence-corrected chi connectivity index (χ3v) is 1.85. The van der Waals surface area contributed by atoms with E-state index in [9.17, 15) is 9.59 Å². The summed E-state index contributed by atoms with van der Waals surface area (Å²) in [5.74, 6) is -0.105. The van der Waals surface area contributed by atoms with E-state index in [0.717, 1.165) is 0 Å². The summed E-state index contributed by atoms with van der Waals surface area (Å²) >= 11 is 0. The third kappa shape index (κ3) is 6.28. The van der Waals surface area contributed by atoms with Crippen molar-refractivity contribution in [1.82, 2.24) is 5.48 Å². The molecule has 0 bridgehead atoms. The van der Waals surface area contributed by atoms with Crippen LogP contribution < -0.4 is 5.48 Å². The quantitative estimate of drug-likeness (QED) is 0.499. The SMILES string of the molecule is CCC(=O)ONCCC(C)C(C)=O. The highest BCUT2D eigenvalue weighted by atomic mass is 16.7. The summed E-state index contributed by atoms with van der Waals surface area (Å²) in [5.41, 5.74) is 2.52. The Labute approximate surface area is 78.6 Å². The van der Waals surface area contributed by atoms with Crippen molar-refractivity contribution in [2.45, 2.75) is 33.6 Å². The fourth-order valence-corrected chi connectivity index (χ4v) is 0.682. The highest BCUT2D eigenvalue weighted by Crippen LogP contribution is 2.00. The molecule has 0 aliphatic rings. The molecular formula is C9H17NO3. The van der Waals surface area contributed by atoms with E-state index in [1.807, 2.05) is 6.92 Å². The lowest BCUT2D eigenvalue weighted by Gasteiger charge is -2.07. The number of hydrogen-bond donors (Lipinski definition) is 1. The van der Waals surface area contributed by atoms with Crippen LogP contribution >= 0.6 is 0 Å². The zero-order chi connectivity index (χ0) is 10.3. The molecule has 0 aromatic heterocycles. The Morgan fingerprint density at radius 3 is 2.54 bits per heavy atom. The fraction of sp³-hybridized carbons (Fsp3) is 0.778. The summed E-state index contributed by atoms with van der Waals surface area (Å²) in [5, 5.41) is 0. The highest BCUT2D eigenvalue weighted by molar-refractivity contribution is 5.77. The minimum Gasteiger partial charge on any atom is -0.371 e. The summed E-state index contributed by atoms with van der Waals surface area (Å²) in [6.07, 6.45) is 1.04. The van der Waals surface area contributed by atoms with Crippen LogP contribution in [0.15, 0.2) is 0 Å². The fourth-order valence-electron chi connectivity index (χ4n) is 0.682. The second kappa shape index (κ2) is 6.60. The first-order valence-corrected chi connectivity index (χ1v) is 4.50. The van der Waals surface area contributed by atoms with Gasteiger partial charge in [-0.05, 0) is 13.3 Å². The van der Waals surface area contributed by atoms with Crippen molar-refractivity contribution in [3.8, 4) is 0 Å². The smallest absolute Gasteiger partial charge is 0.324 e. The molecule has 0 amide bonds. The summed E-state index contributed by atoms with van der Waals surface area (Å²) < 4.78 is 0. The molecule has 4 nitrogen and oxygen atoms in total. The average molecular weight is 187 g/mol. The van der Waals surface area contributed by atoms with Gasteiger partial charge < -0.3 is 4.84 Å². The van der Waals surface area contributed by atoms with Crippen molar-refractivity contribution in [2.24, 2.45) is 5.92 Å². The van der Waals surface area contributed by atoms with E-state index in [0.29, 0.717) is 19.4 Å². The maximum atomic E-state index is 10.8. The molecule has 0 fully saturated rings. The van der Waals surface area contributed by atoms with E-state index in [2.05, 4.69) is 10.3 Å². The van der Waals surface area contributed by atoms with Gasteiger partial charge in [0, 0.05) is 18.9 Å². The lowest BCUT2D eigenvalue weighted by atomic mass is 10.0. The van der Waals surface area contributed by atoms with Crippen LogP contribution in [0.25, 0.3) is 0 Å². The molecule has 0 spiro atoms. The Balaban J connectivity index is 3.35. The van der Waals surface area contributed by atoms with Crippen LogP contribution in [0.4, 0.5) is 0 Å².